The molecule has 0 saturated heterocycles. The Balaban J connectivity index is 2.41. The molecule has 32 heavy (non-hydrogen) atoms. The lowest BCUT2D eigenvalue weighted by molar-refractivity contribution is -0.158. The van der Waals surface area contributed by atoms with E-state index in [-0.39, 0.29) is 28.0 Å². The number of fused-ring (bicyclic) bond motifs is 1. The van der Waals surface area contributed by atoms with Crippen LogP contribution in [0, 0.1) is 0 Å². The predicted octanol–water partition coefficient (Wildman–Crippen LogP) is 2.88. The Labute approximate surface area is 184 Å². The first-order valence-corrected chi connectivity index (χ1v) is 9.76. The molecule has 0 spiro atoms. The zero-order valence-electron chi connectivity index (χ0n) is 18.9. The van der Waals surface area contributed by atoms with Crippen LogP contribution in [-0.2, 0) is 19.1 Å². The largest absolute Gasteiger partial charge is 0.482 e. The van der Waals surface area contributed by atoms with E-state index < -0.39 is 42.0 Å². The SMILES string of the molecule is CC(C)(C)OC(=O)COc1cc(OCC(=O)OC(C)(C)C)c2c(C=[N+]=[N-])cc(=O)oc2c1. The summed E-state index contributed by atoms with van der Waals surface area (Å²) < 4.78 is 26.7. The minimum atomic E-state index is -0.713. The minimum Gasteiger partial charge on any atom is -0.482 e. The molecule has 0 bridgehead atoms. The molecule has 10 nitrogen and oxygen atoms in total. The van der Waals surface area contributed by atoms with Crippen LogP contribution in [0.25, 0.3) is 16.5 Å². The van der Waals surface area contributed by atoms with Crippen LogP contribution in [0.3, 0.4) is 0 Å². The minimum absolute atomic E-state index is 0.0354. The van der Waals surface area contributed by atoms with Gasteiger partial charge in [-0.1, -0.05) is 0 Å². The Hall–Kier alpha value is -3.65. The van der Waals surface area contributed by atoms with E-state index in [1.807, 2.05) is 0 Å². The Morgan fingerprint density at radius 3 is 2.06 bits per heavy atom. The number of nitrogens with zero attached hydrogens (tertiary/aromatic N) is 2. The van der Waals surface area contributed by atoms with Gasteiger partial charge in [0.15, 0.2) is 13.2 Å². The van der Waals surface area contributed by atoms with Gasteiger partial charge in [-0.25, -0.2) is 14.4 Å². The van der Waals surface area contributed by atoms with E-state index in [9.17, 15) is 14.4 Å². The van der Waals surface area contributed by atoms with Gasteiger partial charge < -0.3 is 28.9 Å². The van der Waals surface area contributed by atoms with Gasteiger partial charge in [0.2, 0.25) is 0 Å². The van der Waals surface area contributed by atoms with Crippen molar-refractivity contribution in [3.8, 4) is 11.5 Å². The third-order valence-corrected chi connectivity index (χ3v) is 3.55. The summed E-state index contributed by atoms with van der Waals surface area (Å²) in [6.45, 7) is 9.47. The predicted molar refractivity (Wildman–Crippen MR) is 114 cm³/mol. The van der Waals surface area contributed by atoms with Crippen LogP contribution in [0.15, 0.2) is 27.4 Å². The van der Waals surface area contributed by atoms with Crippen LogP contribution >= 0.6 is 0 Å². The Bertz CT molecular complexity index is 1120. The monoisotopic (exact) mass is 446 g/mol. The maximum absolute atomic E-state index is 12.1. The lowest BCUT2D eigenvalue weighted by Crippen LogP contribution is -2.27. The summed E-state index contributed by atoms with van der Waals surface area (Å²) in [7, 11) is 0. The van der Waals surface area contributed by atoms with E-state index in [1.165, 1.54) is 12.1 Å². The van der Waals surface area contributed by atoms with Crippen molar-refractivity contribution in [2.24, 2.45) is 0 Å². The Morgan fingerprint density at radius 2 is 1.53 bits per heavy atom. The molecule has 1 heterocycles. The molecule has 1 aromatic carbocycles. The second-order valence-corrected chi connectivity index (χ2v) is 8.81. The summed E-state index contributed by atoms with van der Waals surface area (Å²) >= 11 is 0. The second-order valence-electron chi connectivity index (χ2n) is 8.81. The number of benzene rings is 1. The number of carbonyl (C=O) groups is 2. The van der Waals surface area contributed by atoms with E-state index in [0.29, 0.717) is 0 Å². The lowest BCUT2D eigenvalue weighted by atomic mass is 10.1. The standard InChI is InChI=1S/C22H26N2O8/c1-21(2,3)31-18(26)11-28-14-8-15(29-12-19(27)32-22(4,5)6)20-13(10-24-23)7-17(25)30-16(20)9-14/h7-10H,11-12H2,1-6H3. The number of hydrogen-bond acceptors (Lipinski definition) is 8. The summed E-state index contributed by atoms with van der Waals surface area (Å²) in [5.41, 5.74) is 7.07. The van der Waals surface area contributed by atoms with Crippen LogP contribution in [0.1, 0.15) is 47.1 Å². The molecule has 0 unspecified atom stereocenters. The first kappa shape index (κ1) is 24.6. The van der Waals surface area contributed by atoms with Crippen molar-refractivity contribution in [3.05, 3.63) is 39.7 Å². The smallest absolute Gasteiger partial charge is 0.344 e. The van der Waals surface area contributed by atoms with Crippen LogP contribution in [0.4, 0.5) is 0 Å². The van der Waals surface area contributed by atoms with Crippen LogP contribution in [-0.4, -0.2) is 47.4 Å². The van der Waals surface area contributed by atoms with E-state index >= 15 is 0 Å². The van der Waals surface area contributed by atoms with E-state index in [1.54, 1.807) is 41.5 Å². The van der Waals surface area contributed by atoms with E-state index in [0.717, 1.165) is 12.3 Å². The molecule has 10 heteroatoms. The molecule has 0 aliphatic carbocycles. The average Bonchev–Trinajstić information content (AvgIpc) is 2.61. The number of carbonyl (C=O) groups excluding carboxylic acids is 2. The third-order valence-electron chi connectivity index (χ3n) is 3.55. The summed E-state index contributed by atoms with van der Waals surface area (Å²) in [5, 5.41) is 0.260. The van der Waals surface area contributed by atoms with Gasteiger partial charge in [-0.15, -0.1) is 0 Å². The first-order valence-electron chi connectivity index (χ1n) is 9.76. The van der Waals surface area contributed by atoms with Gasteiger partial charge in [0, 0.05) is 18.2 Å². The van der Waals surface area contributed by atoms with E-state index in [2.05, 4.69) is 4.79 Å². The molecular weight excluding hydrogens is 420 g/mol. The highest BCUT2D eigenvalue weighted by molar-refractivity contribution is 5.99. The highest BCUT2D eigenvalue weighted by Gasteiger charge is 2.21. The summed E-state index contributed by atoms with van der Waals surface area (Å²) in [5.74, 6) is -1.01. The zero-order valence-corrected chi connectivity index (χ0v) is 18.9. The van der Waals surface area contributed by atoms with Crippen molar-refractivity contribution in [3.63, 3.8) is 0 Å². The number of ether oxygens (including phenoxy) is 4. The van der Waals surface area contributed by atoms with Gasteiger partial charge in [0.05, 0.1) is 10.9 Å². The summed E-state index contributed by atoms with van der Waals surface area (Å²) in [6, 6.07) is 3.88. The molecule has 172 valence electrons. The number of hydrogen-bond donors (Lipinski definition) is 0. The highest BCUT2D eigenvalue weighted by Crippen LogP contribution is 2.33. The van der Waals surface area contributed by atoms with Crippen molar-refractivity contribution in [2.75, 3.05) is 13.2 Å². The molecule has 0 aliphatic rings. The Kier molecular flexibility index (Phi) is 7.43. The fourth-order valence-corrected chi connectivity index (χ4v) is 2.65. The fourth-order valence-electron chi connectivity index (χ4n) is 2.65. The number of rotatable bonds is 7. The first-order chi connectivity index (χ1) is 14.8. The van der Waals surface area contributed by atoms with Gasteiger partial charge >= 0.3 is 17.6 Å². The Morgan fingerprint density at radius 1 is 0.969 bits per heavy atom. The normalized spacial score (nSPS) is 11.4. The van der Waals surface area contributed by atoms with Crippen LogP contribution in [0.2, 0.25) is 0 Å². The van der Waals surface area contributed by atoms with Crippen molar-refractivity contribution in [2.45, 2.75) is 52.7 Å². The van der Waals surface area contributed by atoms with Crippen LogP contribution in [0.5, 0.6) is 11.5 Å². The molecule has 0 amide bonds. The molecule has 0 atom stereocenters. The molecule has 0 aliphatic heterocycles. The highest BCUT2D eigenvalue weighted by atomic mass is 16.6. The average molecular weight is 446 g/mol. The molecule has 2 rings (SSSR count). The molecule has 0 saturated carbocycles. The fraction of sp³-hybridized carbons (Fsp3) is 0.455. The molecular formula is C22H26N2O8. The van der Waals surface area contributed by atoms with E-state index in [4.69, 9.17) is 28.9 Å². The van der Waals surface area contributed by atoms with Gasteiger partial charge in [0.25, 0.3) is 6.21 Å². The zero-order chi connectivity index (χ0) is 24.1. The molecule has 0 N–H and O–H groups in total. The topological polar surface area (TPSA) is 138 Å². The van der Waals surface area contributed by atoms with Crippen molar-refractivity contribution >= 4 is 29.1 Å². The quantitative estimate of drug-likeness (QED) is 0.208. The van der Waals surface area contributed by atoms with Gasteiger partial charge in [0.1, 0.15) is 28.3 Å². The summed E-state index contributed by atoms with van der Waals surface area (Å²) in [6.07, 6.45) is 1.03. The molecule has 1 aromatic heterocycles. The lowest BCUT2D eigenvalue weighted by Gasteiger charge is -2.20. The number of esters is 2. The van der Waals surface area contributed by atoms with Gasteiger partial charge in [-0.05, 0) is 41.5 Å². The molecule has 0 radical (unpaired) electrons. The van der Waals surface area contributed by atoms with Crippen molar-refractivity contribution < 1.29 is 37.7 Å². The van der Waals surface area contributed by atoms with Crippen LogP contribution < -0.4 is 15.1 Å². The maximum Gasteiger partial charge on any atom is 0.344 e. The van der Waals surface area contributed by atoms with Gasteiger partial charge in [-0.3, -0.25) is 0 Å². The third kappa shape index (κ3) is 7.55. The van der Waals surface area contributed by atoms with Gasteiger partial charge in [-0.2, -0.15) is 4.79 Å². The molecule has 0 fully saturated rings. The summed E-state index contributed by atoms with van der Waals surface area (Å²) in [4.78, 5) is 38.9. The van der Waals surface area contributed by atoms with Crippen molar-refractivity contribution in [1.29, 1.82) is 0 Å². The van der Waals surface area contributed by atoms with Crippen molar-refractivity contribution in [1.82, 2.24) is 0 Å². The second kappa shape index (κ2) is 9.65. The molecule has 2 aromatic rings. The maximum atomic E-state index is 12.1.